The van der Waals surface area contributed by atoms with Gasteiger partial charge in [0, 0.05) is 18.5 Å². The standard InChI is InChI=1S/C12H14N4O3S/c1-2-6-19-9-3-4-14(8-9)10-11(16(17)18)15-5-7-20-12(15)13-10/h2,5,7,9H,1,3-4,6,8H2. The van der Waals surface area contributed by atoms with Crippen molar-refractivity contribution in [2.24, 2.45) is 0 Å². The van der Waals surface area contributed by atoms with Gasteiger partial charge in [-0.2, -0.15) is 9.38 Å². The Hall–Kier alpha value is -1.93. The minimum absolute atomic E-state index is 0.0330. The molecule has 1 unspecified atom stereocenters. The molecule has 0 aliphatic carbocycles. The van der Waals surface area contributed by atoms with Gasteiger partial charge in [-0.3, -0.25) is 0 Å². The summed E-state index contributed by atoms with van der Waals surface area (Å²) in [6.07, 6.45) is 4.30. The van der Waals surface area contributed by atoms with Crippen molar-refractivity contribution < 1.29 is 9.66 Å². The van der Waals surface area contributed by atoms with E-state index in [9.17, 15) is 10.1 Å². The highest BCUT2D eigenvalue weighted by Crippen LogP contribution is 2.33. The summed E-state index contributed by atoms with van der Waals surface area (Å²) in [5.41, 5.74) is 0. The molecular weight excluding hydrogens is 280 g/mol. The summed E-state index contributed by atoms with van der Waals surface area (Å²) < 4.78 is 7.12. The van der Waals surface area contributed by atoms with E-state index >= 15 is 0 Å². The number of hydrogen-bond donors (Lipinski definition) is 0. The fourth-order valence-corrected chi connectivity index (χ4v) is 3.11. The third-order valence-corrected chi connectivity index (χ3v) is 4.04. The van der Waals surface area contributed by atoms with Crippen LogP contribution in [0.3, 0.4) is 0 Å². The first-order valence-electron chi connectivity index (χ1n) is 6.28. The van der Waals surface area contributed by atoms with E-state index in [0.717, 1.165) is 6.42 Å². The number of anilines is 1. The molecule has 1 saturated heterocycles. The average Bonchev–Trinajstić information content (AvgIpc) is 3.09. The number of nitrogens with zero attached hydrogens (tertiary/aromatic N) is 4. The van der Waals surface area contributed by atoms with Crippen LogP contribution in [0.15, 0.2) is 24.2 Å². The van der Waals surface area contributed by atoms with E-state index in [-0.39, 0.29) is 16.8 Å². The molecule has 0 amide bonds. The van der Waals surface area contributed by atoms with Gasteiger partial charge in [0.25, 0.3) is 4.96 Å². The molecule has 1 aliphatic heterocycles. The Labute approximate surface area is 119 Å². The lowest BCUT2D eigenvalue weighted by molar-refractivity contribution is -0.389. The molecule has 2 aromatic rings. The smallest absolute Gasteiger partial charge is 0.372 e. The predicted octanol–water partition coefficient (Wildman–Crippen LogP) is 2.09. The van der Waals surface area contributed by atoms with Crippen LogP contribution < -0.4 is 4.90 Å². The molecule has 106 valence electrons. The third-order valence-electron chi connectivity index (χ3n) is 3.29. The molecule has 0 aromatic carbocycles. The van der Waals surface area contributed by atoms with Crippen LogP contribution in [0.25, 0.3) is 4.96 Å². The van der Waals surface area contributed by atoms with Crippen LogP contribution in [0.5, 0.6) is 0 Å². The zero-order chi connectivity index (χ0) is 14.1. The zero-order valence-corrected chi connectivity index (χ0v) is 11.6. The molecule has 0 radical (unpaired) electrons. The van der Waals surface area contributed by atoms with E-state index in [0.29, 0.717) is 30.5 Å². The molecule has 0 spiro atoms. The van der Waals surface area contributed by atoms with Crippen LogP contribution in [0, 0.1) is 10.1 Å². The Kier molecular flexibility index (Phi) is 3.41. The molecule has 0 N–H and O–H groups in total. The molecule has 1 fully saturated rings. The summed E-state index contributed by atoms with van der Waals surface area (Å²) in [6, 6.07) is 0. The number of fused-ring (bicyclic) bond motifs is 1. The van der Waals surface area contributed by atoms with Gasteiger partial charge in [0.05, 0.1) is 12.7 Å². The maximum atomic E-state index is 11.3. The summed E-state index contributed by atoms with van der Waals surface area (Å²) in [5.74, 6) is 0.470. The molecule has 0 bridgehead atoms. The van der Waals surface area contributed by atoms with Crippen molar-refractivity contribution in [1.29, 1.82) is 0 Å². The number of thiazole rings is 1. The second kappa shape index (κ2) is 5.22. The first-order chi connectivity index (χ1) is 9.70. The Morgan fingerprint density at radius 1 is 1.70 bits per heavy atom. The zero-order valence-electron chi connectivity index (χ0n) is 10.8. The van der Waals surface area contributed by atoms with Crippen molar-refractivity contribution in [1.82, 2.24) is 9.38 Å². The van der Waals surface area contributed by atoms with E-state index in [4.69, 9.17) is 4.74 Å². The number of rotatable bonds is 5. The molecule has 2 aromatic heterocycles. The number of aromatic nitrogens is 2. The number of hydrogen-bond acceptors (Lipinski definition) is 6. The highest BCUT2D eigenvalue weighted by Gasteiger charge is 2.32. The van der Waals surface area contributed by atoms with Crippen molar-refractivity contribution >= 4 is 27.9 Å². The van der Waals surface area contributed by atoms with E-state index in [1.165, 1.54) is 15.7 Å². The normalized spacial score (nSPS) is 18.8. The van der Waals surface area contributed by atoms with Crippen LogP contribution in [0.1, 0.15) is 6.42 Å². The van der Waals surface area contributed by atoms with Crippen LogP contribution in [-0.4, -0.2) is 40.1 Å². The van der Waals surface area contributed by atoms with E-state index in [2.05, 4.69) is 11.6 Å². The molecule has 0 saturated carbocycles. The quantitative estimate of drug-likeness (QED) is 0.479. The molecule has 8 heteroatoms. The molecule has 3 heterocycles. The van der Waals surface area contributed by atoms with Gasteiger partial charge in [0.15, 0.2) is 0 Å². The number of nitro groups is 1. The summed E-state index contributed by atoms with van der Waals surface area (Å²) in [4.78, 5) is 17.9. The van der Waals surface area contributed by atoms with Gasteiger partial charge in [-0.1, -0.05) is 17.4 Å². The summed E-state index contributed by atoms with van der Waals surface area (Å²) in [6.45, 7) is 5.45. The summed E-state index contributed by atoms with van der Waals surface area (Å²) >= 11 is 1.39. The monoisotopic (exact) mass is 294 g/mol. The SMILES string of the molecule is C=CCOC1CCN(c2nc3sccn3c2[N+](=O)[O-])C1. The first kappa shape index (κ1) is 13.1. The van der Waals surface area contributed by atoms with Crippen LogP contribution in [0.4, 0.5) is 11.6 Å². The van der Waals surface area contributed by atoms with Crippen molar-refractivity contribution in [3.63, 3.8) is 0 Å². The fourth-order valence-electron chi connectivity index (χ4n) is 2.40. The van der Waals surface area contributed by atoms with Gasteiger partial charge in [-0.05, 0) is 11.3 Å². The van der Waals surface area contributed by atoms with Crippen molar-refractivity contribution in [3.05, 3.63) is 34.3 Å². The van der Waals surface area contributed by atoms with Crippen LogP contribution in [0.2, 0.25) is 0 Å². The van der Waals surface area contributed by atoms with E-state index in [1.807, 2.05) is 4.90 Å². The van der Waals surface area contributed by atoms with Gasteiger partial charge in [0.2, 0.25) is 5.82 Å². The van der Waals surface area contributed by atoms with Crippen molar-refractivity contribution in [2.75, 3.05) is 24.6 Å². The Morgan fingerprint density at radius 3 is 3.30 bits per heavy atom. The maximum absolute atomic E-state index is 11.3. The Bertz CT molecular complexity index is 650. The minimum atomic E-state index is -0.375. The third kappa shape index (κ3) is 2.16. The Balaban J connectivity index is 1.87. The van der Waals surface area contributed by atoms with Gasteiger partial charge >= 0.3 is 5.82 Å². The average molecular weight is 294 g/mol. The fraction of sp³-hybridized carbons (Fsp3) is 0.417. The summed E-state index contributed by atoms with van der Waals surface area (Å²) in [5, 5.41) is 13.1. The second-order valence-electron chi connectivity index (χ2n) is 4.55. The molecule has 20 heavy (non-hydrogen) atoms. The topological polar surface area (TPSA) is 72.9 Å². The predicted molar refractivity (Wildman–Crippen MR) is 76.5 cm³/mol. The molecule has 1 atom stereocenters. The lowest BCUT2D eigenvalue weighted by atomic mass is 10.3. The van der Waals surface area contributed by atoms with Crippen molar-refractivity contribution in [2.45, 2.75) is 12.5 Å². The minimum Gasteiger partial charge on any atom is -0.372 e. The maximum Gasteiger partial charge on any atom is 0.373 e. The van der Waals surface area contributed by atoms with Gasteiger partial charge in [-0.25, -0.2) is 0 Å². The highest BCUT2D eigenvalue weighted by atomic mass is 32.1. The number of ether oxygens (including phenoxy) is 1. The van der Waals surface area contributed by atoms with Crippen LogP contribution in [-0.2, 0) is 4.74 Å². The van der Waals surface area contributed by atoms with Crippen LogP contribution >= 0.6 is 11.3 Å². The Morgan fingerprint density at radius 2 is 2.55 bits per heavy atom. The van der Waals surface area contributed by atoms with E-state index in [1.54, 1.807) is 17.7 Å². The molecule has 3 rings (SSSR count). The largest absolute Gasteiger partial charge is 0.373 e. The molecule has 1 aliphatic rings. The lowest BCUT2D eigenvalue weighted by Gasteiger charge is -2.15. The van der Waals surface area contributed by atoms with Gasteiger partial charge < -0.3 is 19.8 Å². The number of imidazole rings is 1. The summed E-state index contributed by atoms with van der Waals surface area (Å²) in [7, 11) is 0. The van der Waals surface area contributed by atoms with E-state index < -0.39 is 0 Å². The first-order valence-corrected chi connectivity index (χ1v) is 7.16. The van der Waals surface area contributed by atoms with Gasteiger partial charge in [0.1, 0.15) is 6.20 Å². The second-order valence-corrected chi connectivity index (χ2v) is 5.42. The highest BCUT2D eigenvalue weighted by molar-refractivity contribution is 7.15. The van der Waals surface area contributed by atoms with Gasteiger partial charge in [-0.15, -0.1) is 6.58 Å². The van der Waals surface area contributed by atoms with Crippen molar-refractivity contribution in [3.8, 4) is 0 Å². The molecule has 7 nitrogen and oxygen atoms in total. The lowest BCUT2D eigenvalue weighted by Crippen LogP contribution is -2.24. The molecular formula is C12H14N4O3S.